The molecule has 0 aromatic carbocycles. The van der Waals surface area contributed by atoms with Crippen molar-refractivity contribution in [3.05, 3.63) is 109 Å². The first-order valence-electron chi connectivity index (χ1n) is 22.9. The van der Waals surface area contributed by atoms with Crippen molar-refractivity contribution in [2.45, 2.75) is 154 Å². The number of ether oxygens (including phenoxy) is 2. The molecular weight excluding hydrogens is 894 g/mol. The lowest BCUT2D eigenvalue weighted by atomic mass is 10.1. The van der Waals surface area contributed by atoms with E-state index in [0.29, 0.717) is 12.8 Å². The zero-order chi connectivity index (χ0) is 49.2. The Balaban J connectivity index is 4.88. The summed E-state index contributed by atoms with van der Waals surface area (Å²) < 4.78 is 47.5. The van der Waals surface area contributed by atoms with Crippen molar-refractivity contribution in [2.75, 3.05) is 26.4 Å². The van der Waals surface area contributed by atoms with Crippen molar-refractivity contribution in [3.8, 4) is 0 Å². The summed E-state index contributed by atoms with van der Waals surface area (Å²) in [4.78, 5) is 52.8. The van der Waals surface area contributed by atoms with E-state index >= 15 is 0 Å². The minimum atomic E-state index is -4.92. The summed E-state index contributed by atoms with van der Waals surface area (Å²) in [7, 11) is -9.84. The smallest absolute Gasteiger partial charge is 0.462 e. The fourth-order valence-corrected chi connectivity index (χ4v) is 6.56. The third-order valence-electron chi connectivity index (χ3n) is 9.00. The monoisotopic (exact) mass is 972 g/mol. The molecule has 0 spiro atoms. The molecule has 0 aliphatic carbocycles. The molecular formula is C48H78O16P2. The first kappa shape index (κ1) is 62.7. The maximum absolute atomic E-state index is 12.7. The number of carbonyl (C=O) groups is 2. The van der Waals surface area contributed by atoms with Gasteiger partial charge in [0.25, 0.3) is 0 Å². The second kappa shape index (κ2) is 41.8. The number of unbranched alkanes of at least 4 members (excludes halogenated alkanes) is 5. The lowest BCUT2D eigenvalue weighted by Crippen LogP contribution is -2.30. The Morgan fingerprint density at radius 3 is 1.70 bits per heavy atom. The predicted octanol–water partition coefficient (Wildman–Crippen LogP) is 8.81. The summed E-state index contributed by atoms with van der Waals surface area (Å²) in [5.74, 6) is -1.41. The van der Waals surface area contributed by atoms with E-state index in [1.807, 2.05) is 0 Å². The number of esters is 2. The van der Waals surface area contributed by atoms with Gasteiger partial charge in [-0.25, -0.2) is 9.13 Å². The maximum atomic E-state index is 12.7. The highest BCUT2D eigenvalue weighted by molar-refractivity contribution is 7.47. The summed E-state index contributed by atoms with van der Waals surface area (Å²) in [5, 5.41) is 40.3. The average Bonchev–Trinajstić information content (AvgIpc) is 3.27. The van der Waals surface area contributed by atoms with Crippen LogP contribution in [0.15, 0.2) is 109 Å². The van der Waals surface area contributed by atoms with Crippen LogP contribution in [0.1, 0.15) is 123 Å². The van der Waals surface area contributed by atoms with E-state index in [2.05, 4.69) is 83.7 Å². The van der Waals surface area contributed by atoms with E-state index in [4.69, 9.17) is 23.8 Å². The molecule has 0 aliphatic rings. The van der Waals surface area contributed by atoms with Crippen molar-refractivity contribution < 1.29 is 76.9 Å². The van der Waals surface area contributed by atoms with E-state index in [1.165, 1.54) is 6.08 Å². The van der Waals surface area contributed by atoms with Gasteiger partial charge in [0.05, 0.1) is 38.1 Å². The Bertz CT molecular complexity index is 1630. The SMILES string of the molecule is CC/C=C\C/C=C\C/C=C\C/C=C\C/C=C\CCCCCC(=O)OC[C@H](COP(=O)(O)OC[C@@H](O)COP(=O)(O)O)OC(=O)CCC[C@H](O)[C@@H](O)/C=C/C=C/C=C\C=C\[C@@H](O)CCCCC. The molecule has 0 bridgehead atoms. The highest BCUT2D eigenvalue weighted by Gasteiger charge is 2.28. The first-order valence-corrected chi connectivity index (χ1v) is 25.9. The number of aliphatic hydroxyl groups excluding tert-OH is 4. The molecule has 376 valence electrons. The van der Waals surface area contributed by atoms with Crippen LogP contribution >= 0.6 is 15.6 Å². The van der Waals surface area contributed by atoms with Gasteiger partial charge in [-0.3, -0.25) is 23.2 Å². The fourth-order valence-electron chi connectivity index (χ4n) is 5.40. The van der Waals surface area contributed by atoms with Crippen LogP contribution in [0.3, 0.4) is 0 Å². The number of aliphatic hydroxyl groups is 4. The van der Waals surface area contributed by atoms with E-state index < -0.39 is 84.5 Å². The normalized spacial score (nSPS) is 16.3. The number of phosphoric acid groups is 2. The Labute approximate surface area is 392 Å². The van der Waals surface area contributed by atoms with E-state index in [1.54, 1.807) is 42.5 Å². The fraction of sp³-hybridized carbons (Fsp3) is 0.583. The molecule has 6 atom stereocenters. The quantitative estimate of drug-likeness (QED) is 0.00993. The van der Waals surface area contributed by atoms with Crippen molar-refractivity contribution in [2.24, 2.45) is 0 Å². The van der Waals surface area contributed by atoms with Crippen molar-refractivity contribution in [3.63, 3.8) is 0 Å². The summed E-state index contributed by atoms with van der Waals surface area (Å²) >= 11 is 0. The van der Waals surface area contributed by atoms with Crippen molar-refractivity contribution in [1.82, 2.24) is 0 Å². The minimum absolute atomic E-state index is 0.0145. The van der Waals surface area contributed by atoms with Gasteiger partial charge >= 0.3 is 27.6 Å². The predicted molar refractivity (Wildman–Crippen MR) is 257 cm³/mol. The van der Waals surface area contributed by atoms with E-state index in [0.717, 1.165) is 70.6 Å². The zero-order valence-electron chi connectivity index (χ0n) is 38.8. The standard InChI is InChI=1S/C48H78O16P2/c1-3-5-7-8-9-10-11-12-13-14-15-16-17-18-19-20-21-26-30-36-47(53)60-40-44(41-63-66(58,59)62-39-43(50)38-61-65(55,56)57)64-48(54)37-31-35-46(52)45(51)34-29-25-23-22-24-28-33-42(49)32-27-6-4-2/h5,7,9-10,12-13,15-16,18-19,22-25,28-29,33-34,42-46,49-52H,3-4,6,8,11,14,17,20-21,26-27,30-32,35-41H2,1-2H3,(H,58,59)(H2,55,56,57)/b7-5-,10-9-,13-12-,16-15-,19-18-,24-22-,25-23+,33-28+,34-29+/t42-,43-,44+,45-,46-/m0/s1. The van der Waals surface area contributed by atoms with Gasteiger partial charge in [-0.05, 0) is 70.6 Å². The van der Waals surface area contributed by atoms with Gasteiger partial charge in [-0.15, -0.1) is 0 Å². The molecule has 0 saturated carbocycles. The lowest BCUT2D eigenvalue weighted by Gasteiger charge is -2.21. The van der Waals surface area contributed by atoms with Gasteiger partial charge in [-0.1, -0.05) is 149 Å². The van der Waals surface area contributed by atoms with Crippen molar-refractivity contribution in [1.29, 1.82) is 0 Å². The van der Waals surface area contributed by atoms with Gasteiger partial charge in [0, 0.05) is 12.8 Å². The minimum Gasteiger partial charge on any atom is -0.462 e. The highest BCUT2D eigenvalue weighted by atomic mass is 31.2. The second-order valence-electron chi connectivity index (χ2n) is 15.2. The summed E-state index contributed by atoms with van der Waals surface area (Å²) in [5.41, 5.74) is 0. The molecule has 16 nitrogen and oxygen atoms in total. The number of hydrogen-bond acceptors (Lipinski definition) is 13. The molecule has 0 saturated heterocycles. The van der Waals surface area contributed by atoms with Crippen LogP contribution in [0.5, 0.6) is 0 Å². The molecule has 0 rings (SSSR count). The summed E-state index contributed by atoms with van der Waals surface area (Å²) in [6.45, 7) is 1.09. The molecule has 1 unspecified atom stereocenters. The van der Waals surface area contributed by atoms with Gasteiger partial charge in [0.15, 0.2) is 6.10 Å². The Kier molecular flexibility index (Phi) is 39.7. The third kappa shape index (κ3) is 43.2. The first-order chi connectivity index (χ1) is 31.6. The molecule has 0 aliphatic heterocycles. The van der Waals surface area contributed by atoms with Crippen molar-refractivity contribution >= 4 is 27.6 Å². The van der Waals surface area contributed by atoms with E-state index in [-0.39, 0.29) is 25.7 Å². The molecule has 7 N–H and O–H groups in total. The second-order valence-corrected chi connectivity index (χ2v) is 17.8. The largest absolute Gasteiger partial charge is 0.472 e. The highest BCUT2D eigenvalue weighted by Crippen LogP contribution is 2.43. The van der Waals surface area contributed by atoms with Crippen LogP contribution in [-0.4, -0.2) is 104 Å². The summed E-state index contributed by atoms with van der Waals surface area (Å²) in [6, 6.07) is 0. The number of hydrogen-bond donors (Lipinski definition) is 7. The molecule has 18 heteroatoms. The molecule has 66 heavy (non-hydrogen) atoms. The van der Waals surface area contributed by atoms with Crippen LogP contribution in [0.2, 0.25) is 0 Å². The number of allylic oxidation sites excluding steroid dienone is 16. The van der Waals surface area contributed by atoms with Gasteiger partial charge in [0.1, 0.15) is 12.7 Å². The van der Waals surface area contributed by atoms with Crippen LogP contribution in [0.25, 0.3) is 0 Å². The van der Waals surface area contributed by atoms with Crippen LogP contribution in [0.4, 0.5) is 0 Å². The zero-order valence-corrected chi connectivity index (χ0v) is 40.6. The number of rotatable bonds is 41. The van der Waals surface area contributed by atoms with E-state index in [9.17, 15) is 44.0 Å². The Morgan fingerprint density at radius 1 is 0.545 bits per heavy atom. The number of phosphoric ester groups is 2. The number of carbonyl (C=O) groups excluding carboxylic acids is 2. The van der Waals surface area contributed by atoms with Gasteiger partial charge in [0.2, 0.25) is 0 Å². The summed E-state index contributed by atoms with van der Waals surface area (Å²) in [6.07, 6.45) is 40.1. The van der Waals surface area contributed by atoms with Gasteiger partial charge in [-0.2, -0.15) is 0 Å². The molecule has 0 amide bonds. The topological polar surface area (TPSA) is 256 Å². The van der Waals surface area contributed by atoms with Crippen LogP contribution in [0, 0.1) is 0 Å². The third-order valence-corrected chi connectivity index (χ3v) is 10.4. The molecule has 0 heterocycles. The Morgan fingerprint density at radius 2 is 1.09 bits per heavy atom. The molecule has 0 radical (unpaired) electrons. The molecule has 0 fully saturated rings. The average molecular weight is 973 g/mol. The molecule has 0 aromatic heterocycles. The maximum Gasteiger partial charge on any atom is 0.472 e. The van der Waals surface area contributed by atoms with Crippen LogP contribution in [-0.2, 0) is 41.8 Å². The van der Waals surface area contributed by atoms with Gasteiger partial charge < -0.3 is 44.6 Å². The Hall–Kier alpha value is -3.34. The lowest BCUT2D eigenvalue weighted by molar-refractivity contribution is -0.161. The molecule has 0 aromatic rings. The van der Waals surface area contributed by atoms with Crippen LogP contribution < -0.4 is 0 Å².